The lowest BCUT2D eigenvalue weighted by Crippen LogP contribution is -2.26. The van der Waals surface area contributed by atoms with Crippen LogP contribution < -0.4 is 10.6 Å². The molecule has 2 N–H and O–H groups in total. The quantitative estimate of drug-likeness (QED) is 0.702. The van der Waals surface area contributed by atoms with Crippen molar-refractivity contribution in [3.63, 3.8) is 0 Å². The van der Waals surface area contributed by atoms with E-state index in [4.69, 9.17) is 0 Å². The summed E-state index contributed by atoms with van der Waals surface area (Å²) in [7, 11) is 1.84. The predicted molar refractivity (Wildman–Crippen MR) is 95.7 cm³/mol. The molecule has 0 aliphatic rings. The summed E-state index contributed by atoms with van der Waals surface area (Å²) in [6.45, 7) is 2.02. The number of aromatic nitrogens is 2. The summed E-state index contributed by atoms with van der Waals surface area (Å²) in [5, 5.41) is 5.93. The Hall–Kier alpha value is -2.66. The van der Waals surface area contributed by atoms with Gasteiger partial charge in [-0.1, -0.05) is 36.4 Å². The van der Waals surface area contributed by atoms with Crippen molar-refractivity contribution in [2.45, 2.75) is 19.5 Å². The van der Waals surface area contributed by atoms with Crippen LogP contribution in [0.2, 0.25) is 0 Å². The SMILES string of the molecule is CNCCC(=O)NCc1cccc(Cn2cnc3ccccc32)c1. The van der Waals surface area contributed by atoms with Crippen molar-refractivity contribution in [3.05, 3.63) is 66.0 Å². The Kier molecular flexibility index (Phi) is 5.23. The van der Waals surface area contributed by atoms with Crippen molar-refractivity contribution < 1.29 is 4.79 Å². The number of hydrogen-bond acceptors (Lipinski definition) is 3. The molecule has 0 fully saturated rings. The monoisotopic (exact) mass is 322 g/mol. The summed E-state index contributed by atoms with van der Waals surface area (Å²) in [5.41, 5.74) is 4.43. The summed E-state index contributed by atoms with van der Waals surface area (Å²) in [6.07, 6.45) is 2.37. The van der Waals surface area contributed by atoms with Crippen molar-refractivity contribution in [1.29, 1.82) is 0 Å². The first kappa shape index (κ1) is 16.2. The molecule has 0 bridgehead atoms. The van der Waals surface area contributed by atoms with Gasteiger partial charge in [0.25, 0.3) is 0 Å². The van der Waals surface area contributed by atoms with E-state index in [2.05, 4.69) is 38.4 Å². The van der Waals surface area contributed by atoms with Crippen molar-refractivity contribution >= 4 is 16.9 Å². The van der Waals surface area contributed by atoms with Crippen molar-refractivity contribution in [3.8, 4) is 0 Å². The fourth-order valence-corrected chi connectivity index (χ4v) is 2.70. The highest BCUT2D eigenvalue weighted by Crippen LogP contribution is 2.14. The highest BCUT2D eigenvalue weighted by Gasteiger charge is 2.04. The van der Waals surface area contributed by atoms with E-state index in [1.807, 2.05) is 43.7 Å². The van der Waals surface area contributed by atoms with Crippen molar-refractivity contribution in [1.82, 2.24) is 20.2 Å². The lowest BCUT2D eigenvalue weighted by molar-refractivity contribution is -0.121. The predicted octanol–water partition coefficient (Wildman–Crippen LogP) is 2.31. The Morgan fingerprint density at radius 3 is 2.83 bits per heavy atom. The molecule has 5 nitrogen and oxygen atoms in total. The van der Waals surface area contributed by atoms with Gasteiger partial charge in [-0.05, 0) is 30.3 Å². The fraction of sp³-hybridized carbons (Fsp3) is 0.263. The standard InChI is InChI=1S/C19H22N4O/c1-20-10-9-19(24)21-12-15-5-4-6-16(11-15)13-23-14-22-17-7-2-3-8-18(17)23/h2-8,11,14,20H,9-10,12-13H2,1H3,(H,21,24). The molecule has 0 atom stereocenters. The smallest absolute Gasteiger partial charge is 0.221 e. The Morgan fingerprint density at radius 1 is 1.12 bits per heavy atom. The maximum absolute atomic E-state index is 11.7. The molecule has 0 aliphatic carbocycles. The summed E-state index contributed by atoms with van der Waals surface area (Å²) in [6, 6.07) is 16.4. The van der Waals surface area contributed by atoms with Crippen molar-refractivity contribution in [2.75, 3.05) is 13.6 Å². The Labute approximate surface area is 141 Å². The van der Waals surface area contributed by atoms with Gasteiger partial charge in [-0.2, -0.15) is 0 Å². The molecule has 24 heavy (non-hydrogen) atoms. The third kappa shape index (κ3) is 4.00. The molecule has 0 saturated heterocycles. The molecular weight excluding hydrogens is 300 g/mol. The second-order valence-electron chi connectivity index (χ2n) is 5.81. The number of benzene rings is 2. The van der Waals surface area contributed by atoms with Gasteiger partial charge < -0.3 is 15.2 Å². The zero-order valence-electron chi connectivity index (χ0n) is 13.8. The number of amides is 1. The number of imidazole rings is 1. The van der Waals surface area contributed by atoms with E-state index < -0.39 is 0 Å². The van der Waals surface area contributed by atoms with E-state index in [1.165, 1.54) is 5.56 Å². The van der Waals surface area contributed by atoms with E-state index in [9.17, 15) is 4.79 Å². The van der Waals surface area contributed by atoms with Gasteiger partial charge in [0.2, 0.25) is 5.91 Å². The average Bonchev–Trinajstić information content (AvgIpc) is 3.02. The maximum Gasteiger partial charge on any atom is 0.221 e. The molecule has 0 saturated carbocycles. The first-order valence-electron chi connectivity index (χ1n) is 8.15. The molecule has 3 rings (SSSR count). The van der Waals surface area contributed by atoms with Crippen molar-refractivity contribution in [2.24, 2.45) is 0 Å². The van der Waals surface area contributed by atoms with E-state index in [-0.39, 0.29) is 5.91 Å². The van der Waals surface area contributed by atoms with Gasteiger partial charge in [-0.15, -0.1) is 0 Å². The van der Waals surface area contributed by atoms with Crippen LogP contribution in [-0.2, 0) is 17.9 Å². The van der Waals surface area contributed by atoms with E-state index in [1.54, 1.807) is 0 Å². The molecule has 1 amide bonds. The molecular formula is C19H22N4O. The minimum absolute atomic E-state index is 0.0651. The third-order valence-corrected chi connectivity index (χ3v) is 3.96. The van der Waals surface area contributed by atoms with E-state index in [0.29, 0.717) is 19.5 Å². The molecule has 1 aromatic heterocycles. The van der Waals surface area contributed by atoms with Crippen LogP contribution in [0.4, 0.5) is 0 Å². The first-order chi connectivity index (χ1) is 11.8. The highest BCUT2D eigenvalue weighted by atomic mass is 16.1. The summed E-state index contributed by atoms with van der Waals surface area (Å²) in [4.78, 5) is 16.1. The van der Waals surface area contributed by atoms with Gasteiger partial charge in [0.1, 0.15) is 0 Å². The number of carbonyl (C=O) groups is 1. The van der Waals surface area contributed by atoms with E-state index in [0.717, 1.165) is 23.1 Å². The topological polar surface area (TPSA) is 59.0 Å². The summed E-state index contributed by atoms with van der Waals surface area (Å²) < 4.78 is 2.14. The largest absolute Gasteiger partial charge is 0.352 e. The van der Waals surface area contributed by atoms with Crippen LogP contribution in [0, 0.1) is 0 Å². The lowest BCUT2D eigenvalue weighted by Gasteiger charge is -2.09. The third-order valence-electron chi connectivity index (χ3n) is 3.96. The molecule has 0 unspecified atom stereocenters. The van der Waals surface area contributed by atoms with Crippen LogP contribution in [-0.4, -0.2) is 29.1 Å². The van der Waals surface area contributed by atoms with Gasteiger partial charge in [-0.25, -0.2) is 4.98 Å². The van der Waals surface area contributed by atoms with Crippen LogP contribution in [0.1, 0.15) is 17.5 Å². The van der Waals surface area contributed by atoms with Gasteiger partial charge in [0.15, 0.2) is 0 Å². The maximum atomic E-state index is 11.7. The number of hydrogen-bond donors (Lipinski definition) is 2. The Morgan fingerprint density at radius 2 is 1.96 bits per heavy atom. The van der Waals surface area contributed by atoms with Gasteiger partial charge >= 0.3 is 0 Å². The highest BCUT2D eigenvalue weighted by molar-refractivity contribution is 5.76. The molecule has 5 heteroatoms. The summed E-state index contributed by atoms with van der Waals surface area (Å²) in [5.74, 6) is 0.0651. The second-order valence-corrected chi connectivity index (χ2v) is 5.81. The first-order valence-corrected chi connectivity index (χ1v) is 8.15. The number of nitrogens with one attached hydrogen (secondary N) is 2. The Bertz CT molecular complexity index is 825. The average molecular weight is 322 g/mol. The van der Waals surface area contributed by atoms with Crippen LogP contribution in [0.25, 0.3) is 11.0 Å². The van der Waals surface area contributed by atoms with Crippen LogP contribution in [0.5, 0.6) is 0 Å². The molecule has 0 radical (unpaired) electrons. The van der Waals surface area contributed by atoms with Crippen LogP contribution in [0.3, 0.4) is 0 Å². The fourth-order valence-electron chi connectivity index (χ4n) is 2.70. The number of nitrogens with zero attached hydrogens (tertiary/aromatic N) is 2. The number of fused-ring (bicyclic) bond motifs is 1. The zero-order valence-corrected chi connectivity index (χ0v) is 13.8. The minimum Gasteiger partial charge on any atom is -0.352 e. The molecule has 2 aromatic carbocycles. The summed E-state index contributed by atoms with van der Waals surface area (Å²) >= 11 is 0. The van der Waals surface area contributed by atoms with Gasteiger partial charge in [-0.3, -0.25) is 4.79 Å². The number of carbonyl (C=O) groups excluding carboxylic acids is 1. The van der Waals surface area contributed by atoms with Crippen LogP contribution in [0.15, 0.2) is 54.9 Å². The van der Waals surface area contributed by atoms with Gasteiger partial charge in [0, 0.05) is 26.1 Å². The normalized spacial score (nSPS) is 10.9. The number of para-hydroxylation sites is 2. The molecule has 3 aromatic rings. The molecule has 124 valence electrons. The molecule has 0 spiro atoms. The molecule has 1 heterocycles. The number of rotatable bonds is 7. The van der Waals surface area contributed by atoms with E-state index >= 15 is 0 Å². The minimum atomic E-state index is 0.0651. The second kappa shape index (κ2) is 7.75. The van der Waals surface area contributed by atoms with Crippen LogP contribution >= 0.6 is 0 Å². The lowest BCUT2D eigenvalue weighted by atomic mass is 10.1. The van der Waals surface area contributed by atoms with Gasteiger partial charge in [0.05, 0.1) is 17.4 Å². The Balaban J connectivity index is 1.66. The molecule has 0 aliphatic heterocycles. The zero-order chi connectivity index (χ0) is 16.8.